The van der Waals surface area contributed by atoms with E-state index in [1.807, 2.05) is 18.2 Å². The van der Waals surface area contributed by atoms with Crippen LogP contribution < -0.4 is 10.4 Å². The van der Waals surface area contributed by atoms with Gasteiger partial charge in [-0.05, 0) is 107 Å². The van der Waals surface area contributed by atoms with Gasteiger partial charge >= 0.3 is 0 Å². The fraction of sp³-hybridized carbons (Fsp3) is 0.0213. The number of hydrogen-bond acceptors (Lipinski definition) is 1. The second kappa shape index (κ2) is 11.3. The molecule has 226 valence electrons. The Labute approximate surface area is 279 Å². The summed E-state index contributed by atoms with van der Waals surface area (Å²) >= 11 is 0. The molecular weight excluding hydrogens is 581 g/mol. The van der Waals surface area contributed by atoms with E-state index < -0.39 is 0 Å². The Hall–Kier alpha value is -6.18. The number of fused-ring (bicyclic) bond motifs is 4. The highest BCUT2D eigenvalue weighted by Crippen LogP contribution is 2.45. The van der Waals surface area contributed by atoms with Gasteiger partial charge in [0, 0.05) is 10.9 Å². The molecule has 9 rings (SSSR count). The summed E-state index contributed by atoms with van der Waals surface area (Å²) in [5.41, 5.74) is 9.38. The summed E-state index contributed by atoms with van der Waals surface area (Å²) in [6.45, 7) is 6.32. The van der Waals surface area contributed by atoms with Gasteiger partial charge in [-0.3, -0.25) is 0 Å². The first-order valence-corrected chi connectivity index (χ1v) is 16.5. The fourth-order valence-electron chi connectivity index (χ4n) is 7.40. The Morgan fingerprint density at radius 2 is 1.06 bits per heavy atom. The van der Waals surface area contributed by atoms with Crippen LogP contribution in [0, 0.1) is 6.92 Å². The van der Waals surface area contributed by atoms with Crippen LogP contribution in [0.25, 0.3) is 89.3 Å². The van der Waals surface area contributed by atoms with Crippen LogP contribution in [0.15, 0.2) is 162 Å². The third kappa shape index (κ3) is 4.55. The Bertz CT molecular complexity index is 2750. The summed E-state index contributed by atoms with van der Waals surface area (Å²) in [6, 6.07) is 56.8. The SMILES string of the molecule is C=c1cccc/c1=C/c1oc2ccc(-c3cccc(-c4c5ccccc5c(-c5cccc6ccccc56)c5ccccc45)c3)cc2c1C. The predicted molar refractivity (Wildman–Crippen MR) is 205 cm³/mol. The summed E-state index contributed by atoms with van der Waals surface area (Å²) in [5, 5.41) is 10.7. The highest BCUT2D eigenvalue weighted by Gasteiger charge is 2.18. The number of aryl methyl sites for hydroxylation is 1. The molecule has 0 bridgehead atoms. The van der Waals surface area contributed by atoms with Crippen LogP contribution in [0.2, 0.25) is 0 Å². The molecular formula is C47H32O. The maximum atomic E-state index is 6.33. The van der Waals surface area contributed by atoms with Crippen molar-refractivity contribution in [3.8, 4) is 33.4 Å². The molecule has 0 saturated carbocycles. The number of benzene rings is 8. The Kier molecular flexibility index (Phi) is 6.59. The van der Waals surface area contributed by atoms with E-state index in [0.717, 1.165) is 32.7 Å². The lowest BCUT2D eigenvalue weighted by Crippen LogP contribution is -2.21. The molecule has 1 nitrogen and oxygen atoms in total. The van der Waals surface area contributed by atoms with Crippen molar-refractivity contribution >= 4 is 55.9 Å². The zero-order valence-electron chi connectivity index (χ0n) is 26.7. The van der Waals surface area contributed by atoms with E-state index in [9.17, 15) is 0 Å². The number of rotatable bonds is 4. The van der Waals surface area contributed by atoms with Crippen LogP contribution in [0.4, 0.5) is 0 Å². The molecule has 0 N–H and O–H groups in total. The van der Waals surface area contributed by atoms with Gasteiger partial charge in [0.2, 0.25) is 0 Å². The van der Waals surface area contributed by atoms with E-state index in [4.69, 9.17) is 4.42 Å². The molecule has 1 heterocycles. The minimum atomic E-state index is 0.872. The van der Waals surface area contributed by atoms with Gasteiger partial charge in [-0.15, -0.1) is 0 Å². The minimum Gasteiger partial charge on any atom is -0.456 e. The summed E-state index contributed by atoms with van der Waals surface area (Å²) in [4.78, 5) is 0. The molecule has 0 saturated heterocycles. The molecule has 48 heavy (non-hydrogen) atoms. The lowest BCUT2D eigenvalue weighted by molar-refractivity contribution is 0.601. The Morgan fingerprint density at radius 1 is 0.479 bits per heavy atom. The van der Waals surface area contributed by atoms with E-state index in [1.165, 1.54) is 65.7 Å². The smallest absolute Gasteiger partial charge is 0.135 e. The van der Waals surface area contributed by atoms with Gasteiger partial charge in [0.15, 0.2) is 0 Å². The monoisotopic (exact) mass is 612 g/mol. The first-order chi connectivity index (χ1) is 23.6. The van der Waals surface area contributed by atoms with E-state index in [1.54, 1.807) is 0 Å². The Balaban J connectivity index is 1.23. The summed E-state index contributed by atoms with van der Waals surface area (Å²) in [7, 11) is 0. The first kappa shape index (κ1) is 28.1. The molecule has 0 aliphatic carbocycles. The molecule has 0 atom stereocenters. The average molecular weight is 613 g/mol. The molecule has 0 aliphatic rings. The second-order valence-electron chi connectivity index (χ2n) is 12.6. The van der Waals surface area contributed by atoms with Crippen molar-refractivity contribution < 1.29 is 4.42 Å². The molecule has 1 aromatic heterocycles. The molecule has 0 unspecified atom stereocenters. The van der Waals surface area contributed by atoms with Crippen molar-refractivity contribution in [2.24, 2.45) is 0 Å². The third-order valence-corrected chi connectivity index (χ3v) is 9.79. The van der Waals surface area contributed by atoms with E-state index in [2.05, 4.69) is 159 Å². The van der Waals surface area contributed by atoms with Gasteiger partial charge in [0.05, 0.1) is 0 Å². The van der Waals surface area contributed by atoms with E-state index in [0.29, 0.717) is 0 Å². The van der Waals surface area contributed by atoms with Crippen LogP contribution in [0.1, 0.15) is 11.3 Å². The molecule has 0 aliphatic heterocycles. The van der Waals surface area contributed by atoms with Gasteiger partial charge in [0.25, 0.3) is 0 Å². The lowest BCUT2D eigenvalue weighted by Gasteiger charge is -2.19. The molecule has 0 fully saturated rings. The van der Waals surface area contributed by atoms with Gasteiger partial charge in [-0.25, -0.2) is 0 Å². The van der Waals surface area contributed by atoms with Crippen molar-refractivity contribution in [2.45, 2.75) is 6.92 Å². The molecule has 8 aromatic carbocycles. The summed E-state index contributed by atoms with van der Waals surface area (Å²) in [5.74, 6) is 0.872. The van der Waals surface area contributed by atoms with Crippen molar-refractivity contribution in [3.63, 3.8) is 0 Å². The second-order valence-corrected chi connectivity index (χ2v) is 12.6. The molecule has 0 radical (unpaired) electrons. The van der Waals surface area contributed by atoms with Crippen LogP contribution in [0.5, 0.6) is 0 Å². The van der Waals surface area contributed by atoms with Crippen molar-refractivity contribution in [3.05, 3.63) is 179 Å². The van der Waals surface area contributed by atoms with Crippen molar-refractivity contribution in [1.29, 1.82) is 0 Å². The summed E-state index contributed by atoms with van der Waals surface area (Å²) < 4.78 is 6.33. The van der Waals surface area contributed by atoms with Crippen LogP contribution in [-0.4, -0.2) is 0 Å². The molecule has 0 spiro atoms. The zero-order chi connectivity index (χ0) is 32.2. The fourth-order valence-corrected chi connectivity index (χ4v) is 7.40. The third-order valence-electron chi connectivity index (χ3n) is 9.79. The van der Waals surface area contributed by atoms with Crippen LogP contribution in [0.3, 0.4) is 0 Å². The summed E-state index contributed by atoms with van der Waals surface area (Å²) in [6.07, 6.45) is 2.09. The number of hydrogen-bond donors (Lipinski definition) is 0. The molecule has 1 heteroatoms. The van der Waals surface area contributed by atoms with Gasteiger partial charge in [-0.1, -0.05) is 146 Å². The molecule has 9 aromatic rings. The average Bonchev–Trinajstić information content (AvgIpc) is 3.45. The quantitative estimate of drug-likeness (QED) is 0.180. The van der Waals surface area contributed by atoms with Gasteiger partial charge < -0.3 is 4.42 Å². The maximum Gasteiger partial charge on any atom is 0.135 e. The largest absolute Gasteiger partial charge is 0.456 e. The molecule has 0 amide bonds. The van der Waals surface area contributed by atoms with Crippen LogP contribution >= 0.6 is 0 Å². The highest BCUT2D eigenvalue weighted by molar-refractivity contribution is 6.23. The highest BCUT2D eigenvalue weighted by atomic mass is 16.3. The first-order valence-electron chi connectivity index (χ1n) is 16.5. The van der Waals surface area contributed by atoms with Crippen molar-refractivity contribution in [2.75, 3.05) is 0 Å². The van der Waals surface area contributed by atoms with E-state index >= 15 is 0 Å². The predicted octanol–water partition coefficient (Wildman–Crippen LogP) is 11.4. The van der Waals surface area contributed by atoms with Crippen LogP contribution in [-0.2, 0) is 0 Å². The number of furan rings is 1. The topological polar surface area (TPSA) is 13.1 Å². The van der Waals surface area contributed by atoms with Crippen molar-refractivity contribution in [1.82, 2.24) is 0 Å². The lowest BCUT2D eigenvalue weighted by atomic mass is 9.84. The standard InChI is InChI=1S/C47H32O/c1-30-13-3-4-15-33(30)29-45-31(2)43-28-35(25-26-44(43)48-45)34-17-11-18-36(27-34)46-39-20-7-9-22-41(39)47(42-23-10-8-21-40(42)46)38-24-12-16-32-14-5-6-19-37(32)38/h3-29H,1H2,2H3/b33-29-. The maximum absolute atomic E-state index is 6.33. The normalized spacial score (nSPS) is 12.1. The van der Waals surface area contributed by atoms with E-state index in [-0.39, 0.29) is 0 Å². The minimum absolute atomic E-state index is 0.872. The Morgan fingerprint density at radius 3 is 1.81 bits per heavy atom. The van der Waals surface area contributed by atoms with Gasteiger partial charge in [0.1, 0.15) is 11.3 Å². The zero-order valence-corrected chi connectivity index (χ0v) is 26.7. The van der Waals surface area contributed by atoms with Gasteiger partial charge in [-0.2, -0.15) is 0 Å².